The van der Waals surface area contributed by atoms with Gasteiger partial charge in [0.2, 0.25) is 17.5 Å². The predicted octanol–water partition coefficient (Wildman–Crippen LogP) is 0.579. The Morgan fingerprint density at radius 3 is 2.15 bits per heavy atom. The summed E-state index contributed by atoms with van der Waals surface area (Å²) in [5.41, 5.74) is -0.371. The van der Waals surface area contributed by atoms with Gasteiger partial charge in [-0.2, -0.15) is 0 Å². The SMILES string of the molecule is O=C(C=Cc1ccc(O)cc1)OCC1O[C@@H](Oc2c(-c3ccc(O)cc3)oc3cc(O)cc(O)c3c2=O)C(O)C[C@@H]1O[C@@H]1OC(CO)[C@@H](O)C(O)C1O. The molecule has 0 aliphatic carbocycles. The summed E-state index contributed by atoms with van der Waals surface area (Å²) in [6.45, 7) is -1.31. The molecule has 2 saturated heterocycles. The number of fused-ring (bicyclic) bond motifs is 1. The Morgan fingerprint density at radius 1 is 0.811 bits per heavy atom. The zero-order valence-electron chi connectivity index (χ0n) is 27.5. The number of rotatable bonds is 10. The van der Waals surface area contributed by atoms with Crippen LogP contribution in [0.5, 0.6) is 28.7 Å². The Hall–Kier alpha value is -5.24. The molecule has 5 unspecified atom stereocenters. The first-order valence-electron chi connectivity index (χ1n) is 16.2. The summed E-state index contributed by atoms with van der Waals surface area (Å²) in [6, 6.07) is 13.3. The van der Waals surface area contributed by atoms with Gasteiger partial charge in [0.05, 0.1) is 12.7 Å². The zero-order valence-corrected chi connectivity index (χ0v) is 27.5. The number of aliphatic hydroxyl groups excluding tert-OH is 5. The second-order valence-electron chi connectivity index (χ2n) is 12.4. The molecule has 3 heterocycles. The normalized spacial score (nSPS) is 27.5. The molecule has 2 aliphatic rings. The molecule has 0 bridgehead atoms. The summed E-state index contributed by atoms with van der Waals surface area (Å²) < 4.78 is 34.6. The number of phenols is 4. The third-order valence-corrected chi connectivity index (χ3v) is 8.64. The maximum absolute atomic E-state index is 13.8. The molecule has 282 valence electrons. The molecule has 0 radical (unpaired) electrons. The highest BCUT2D eigenvalue weighted by Crippen LogP contribution is 2.38. The van der Waals surface area contributed by atoms with Crippen LogP contribution in [0.25, 0.3) is 28.4 Å². The van der Waals surface area contributed by atoms with Crippen molar-refractivity contribution < 1.29 is 78.9 Å². The van der Waals surface area contributed by atoms with E-state index in [0.29, 0.717) is 5.56 Å². The van der Waals surface area contributed by atoms with Gasteiger partial charge < -0.3 is 74.1 Å². The number of esters is 1. The van der Waals surface area contributed by atoms with E-state index in [-0.39, 0.29) is 40.2 Å². The van der Waals surface area contributed by atoms with Gasteiger partial charge in [0.1, 0.15) is 77.2 Å². The van der Waals surface area contributed by atoms with Crippen molar-refractivity contribution >= 4 is 23.0 Å². The van der Waals surface area contributed by atoms with E-state index in [1.165, 1.54) is 42.5 Å². The van der Waals surface area contributed by atoms with Crippen molar-refractivity contribution in [3.05, 3.63) is 82.5 Å². The largest absolute Gasteiger partial charge is 0.508 e. The maximum Gasteiger partial charge on any atom is 0.330 e. The standard InChI is InChI=1S/C36H36O17/c37-14-25-29(44)31(46)32(47)36(51-25)50-23-13-22(42)35(52-26(23)15-48-27(43)10-3-16-1-6-18(38)7-2-16)53-34-30(45)28-21(41)11-20(40)12-24(28)49-33(34)17-4-8-19(39)9-5-17/h1-12,22-23,25-26,29,31-32,35-42,44,46-47H,13-15H2/t22?,23-,25?,26?,29+,31?,32?,35-,36+/m0/s1. The number of benzene rings is 3. The van der Waals surface area contributed by atoms with E-state index in [4.69, 9.17) is 28.1 Å². The molecule has 17 nitrogen and oxygen atoms in total. The van der Waals surface area contributed by atoms with Gasteiger partial charge >= 0.3 is 5.97 Å². The van der Waals surface area contributed by atoms with Gasteiger partial charge in [-0.3, -0.25) is 4.79 Å². The zero-order chi connectivity index (χ0) is 38.0. The second-order valence-corrected chi connectivity index (χ2v) is 12.4. The van der Waals surface area contributed by atoms with Crippen LogP contribution in [0, 0.1) is 0 Å². The summed E-state index contributed by atoms with van der Waals surface area (Å²) in [4.78, 5) is 26.6. The highest BCUT2D eigenvalue weighted by Gasteiger charge is 2.48. The summed E-state index contributed by atoms with van der Waals surface area (Å²) in [5.74, 6) is -2.76. The summed E-state index contributed by atoms with van der Waals surface area (Å²) in [5, 5.41) is 91.5. The summed E-state index contributed by atoms with van der Waals surface area (Å²) >= 11 is 0. The Labute approximate surface area is 299 Å². The van der Waals surface area contributed by atoms with Crippen molar-refractivity contribution in [1.29, 1.82) is 0 Å². The fourth-order valence-corrected chi connectivity index (χ4v) is 5.86. The van der Waals surface area contributed by atoms with Crippen LogP contribution >= 0.6 is 0 Å². The molecule has 2 fully saturated rings. The van der Waals surface area contributed by atoms with Gasteiger partial charge in [0.15, 0.2) is 12.1 Å². The van der Waals surface area contributed by atoms with Crippen molar-refractivity contribution in [2.45, 2.75) is 61.7 Å². The molecule has 9 atom stereocenters. The van der Waals surface area contributed by atoms with Crippen LogP contribution in [0.3, 0.4) is 0 Å². The molecule has 0 spiro atoms. The van der Waals surface area contributed by atoms with Gasteiger partial charge in [-0.1, -0.05) is 12.1 Å². The lowest BCUT2D eigenvalue weighted by atomic mass is 9.98. The topological polar surface area (TPSA) is 275 Å². The predicted molar refractivity (Wildman–Crippen MR) is 180 cm³/mol. The van der Waals surface area contributed by atoms with Crippen LogP contribution in [-0.4, -0.2) is 120 Å². The minimum Gasteiger partial charge on any atom is -0.508 e. The fraction of sp³-hybridized carbons (Fsp3) is 0.333. The molecular weight excluding hydrogens is 704 g/mol. The van der Waals surface area contributed by atoms with Crippen molar-refractivity contribution in [1.82, 2.24) is 0 Å². The molecule has 1 aromatic heterocycles. The quantitative estimate of drug-likeness (QED) is 0.0794. The van der Waals surface area contributed by atoms with Crippen LogP contribution in [-0.2, 0) is 23.7 Å². The monoisotopic (exact) mass is 740 g/mol. The average Bonchev–Trinajstić information content (AvgIpc) is 3.13. The number of carbonyl (C=O) groups excluding carboxylic acids is 1. The van der Waals surface area contributed by atoms with Gasteiger partial charge in [-0.05, 0) is 48.0 Å². The Kier molecular flexibility index (Phi) is 11.2. The van der Waals surface area contributed by atoms with Crippen molar-refractivity contribution in [2.75, 3.05) is 13.2 Å². The number of aliphatic hydroxyl groups is 5. The van der Waals surface area contributed by atoms with E-state index in [2.05, 4.69) is 0 Å². The summed E-state index contributed by atoms with van der Waals surface area (Å²) in [7, 11) is 0. The average molecular weight is 741 g/mol. The maximum atomic E-state index is 13.8. The van der Waals surface area contributed by atoms with E-state index < -0.39 is 97.2 Å². The first-order chi connectivity index (χ1) is 25.3. The van der Waals surface area contributed by atoms with Crippen molar-refractivity contribution in [3.8, 4) is 40.1 Å². The third-order valence-electron chi connectivity index (χ3n) is 8.64. The van der Waals surface area contributed by atoms with Crippen LogP contribution < -0.4 is 10.2 Å². The molecule has 0 amide bonds. The molecule has 6 rings (SSSR count). The molecule has 2 aliphatic heterocycles. The van der Waals surface area contributed by atoms with Crippen LogP contribution in [0.2, 0.25) is 0 Å². The summed E-state index contributed by atoms with van der Waals surface area (Å²) in [6.07, 6.45) is -12.0. The minimum atomic E-state index is -1.82. The highest BCUT2D eigenvalue weighted by molar-refractivity contribution is 5.88. The van der Waals surface area contributed by atoms with E-state index in [1.807, 2.05) is 0 Å². The second kappa shape index (κ2) is 15.8. The Bertz CT molecular complexity index is 1990. The fourth-order valence-electron chi connectivity index (χ4n) is 5.86. The number of aromatic hydroxyl groups is 4. The van der Waals surface area contributed by atoms with E-state index in [1.54, 1.807) is 12.1 Å². The van der Waals surface area contributed by atoms with Crippen LogP contribution in [0.4, 0.5) is 0 Å². The van der Waals surface area contributed by atoms with E-state index in [0.717, 1.165) is 18.2 Å². The molecule has 17 heteroatoms. The van der Waals surface area contributed by atoms with Crippen LogP contribution in [0.1, 0.15) is 12.0 Å². The van der Waals surface area contributed by atoms with Gasteiger partial charge in [0.25, 0.3) is 0 Å². The van der Waals surface area contributed by atoms with Crippen molar-refractivity contribution in [2.24, 2.45) is 0 Å². The number of carbonyl (C=O) groups is 1. The van der Waals surface area contributed by atoms with Gasteiger partial charge in [0, 0.05) is 30.2 Å². The Morgan fingerprint density at radius 2 is 1.47 bits per heavy atom. The minimum absolute atomic E-state index is 0.0244. The first kappa shape index (κ1) is 37.5. The lowest BCUT2D eigenvalue weighted by molar-refractivity contribution is -0.336. The lowest BCUT2D eigenvalue weighted by Gasteiger charge is -2.44. The molecular formula is C36H36O17. The first-order valence-corrected chi connectivity index (χ1v) is 16.2. The smallest absolute Gasteiger partial charge is 0.330 e. The molecule has 0 saturated carbocycles. The molecule has 9 N–H and O–H groups in total. The number of hydrogen-bond donors (Lipinski definition) is 9. The van der Waals surface area contributed by atoms with Crippen LogP contribution in [0.15, 0.2) is 76.0 Å². The molecule has 3 aromatic carbocycles. The molecule has 53 heavy (non-hydrogen) atoms. The third kappa shape index (κ3) is 8.22. The van der Waals surface area contributed by atoms with E-state index in [9.17, 15) is 55.5 Å². The van der Waals surface area contributed by atoms with Gasteiger partial charge in [-0.25, -0.2) is 4.79 Å². The number of ether oxygens (including phenoxy) is 5. The number of hydrogen-bond acceptors (Lipinski definition) is 17. The number of phenolic OH excluding ortho intramolecular Hbond substituents is 4. The molecule has 4 aromatic rings. The lowest BCUT2D eigenvalue weighted by Crippen LogP contribution is -2.61. The van der Waals surface area contributed by atoms with Crippen molar-refractivity contribution in [3.63, 3.8) is 0 Å². The van der Waals surface area contributed by atoms with Gasteiger partial charge in [-0.15, -0.1) is 0 Å². The highest BCUT2D eigenvalue weighted by atomic mass is 16.7. The Balaban J connectivity index is 1.30. The van der Waals surface area contributed by atoms with E-state index >= 15 is 0 Å².